The van der Waals surface area contributed by atoms with Crippen LogP contribution in [0.1, 0.15) is 32.4 Å². The monoisotopic (exact) mass is 278 g/mol. The van der Waals surface area contributed by atoms with E-state index < -0.39 is 0 Å². The molecule has 1 amide bonds. The molecule has 0 fully saturated rings. The van der Waals surface area contributed by atoms with Gasteiger partial charge in [-0.05, 0) is 39.4 Å². The first-order valence-corrected chi connectivity index (χ1v) is 7.14. The van der Waals surface area contributed by atoms with Crippen LogP contribution >= 0.6 is 0 Å². The fourth-order valence-corrected chi connectivity index (χ4v) is 2.50. The van der Waals surface area contributed by atoms with E-state index >= 15 is 0 Å². The Morgan fingerprint density at radius 3 is 2.50 bits per heavy atom. The van der Waals surface area contributed by atoms with Crippen LogP contribution in [0.3, 0.4) is 0 Å². The number of nitrogens with zero attached hydrogens (tertiary/aromatic N) is 3. The van der Waals surface area contributed by atoms with Crippen LogP contribution in [0.4, 0.5) is 0 Å². The van der Waals surface area contributed by atoms with E-state index in [1.165, 1.54) is 0 Å². The number of carbonyl (C=O) groups excluding carboxylic acids is 1. The number of hydrogen-bond acceptors (Lipinski definition) is 4. The topological polar surface area (TPSA) is 62.5 Å². The number of hydrogen-bond donors (Lipinski definition) is 1. The smallest absolute Gasteiger partial charge is 0.236 e. The van der Waals surface area contributed by atoms with Gasteiger partial charge >= 0.3 is 0 Å². The minimum absolute atomic E-state index is 0.0109. The van der Waals surface area contributed by atoms with Gasteiger partial charge in [0.1, 0.15) is 0 Å². The van der Waals surface area contributed by atoms with Gasteiger partial charge in [-0.25, -0.2) is 0 Å². The number of nitrogens with two attached hydrogens (primary N) is 1. The molecule has 0 aliphatic carbocycles. The van der Waals surface area contributed by atoms with E-state index in [9.17, 15) is 4.79 Å². The van der Waals surface area contributed by atoms with Crippen LogP contribution in [0.15, 0.2) is 24.5 Å². The predicted molar refractivity (Wildman–Crippen MR) is 81.2 cm³/mol. The molecule has 5 nitrogen and oxygen atoms in total. The van der Waals surface area contributed by atoms with Gasteiger partial charge in [-0.1, -0.05) is 6.07 Å². The van der Waals surface area contributed by atoms with Gasteiger partial charge in [0.25, 0.3) is 0 Å². The SMILES string of the molecule is CCN(CC)C(=O)CN(C)C(c1cccnc1)C(C)N. The van der Waals surface area contributed by atoms with E-state index in [0.717, 1.165) is 18.7 Å². The van der Waals surface area contributed by atoms with Crippen LogP contribution < -0.4 is 5.73 Å². The van der Waals surface area contributed by atoms with Crippen molar-refractivity contribution in [2.45, 2.75) is 32.9 Å². The molecule has 112 valence electrons. The maximum absolute atomic E-state index is 12.2. The summed E-state index contributed by atoms with van der Waals surface area (Å²) in [5.74, 6) is 0.132. The second-order valence-electron chi connectivity index (χ2n) is 5.07. The van der Waals surface area contributed by atoms with Gasteiger partial charge < -0.3 is 10.6 Å². The average molecular weight is 278 g/mol. The third kappa shape index (κ3) is 4.28. The minimum Gasteiger partial charge on any atom is -0.342 e. The summed E-state index contributed by atoms with van der Waals surface area (Å²) >= 11 is 0. The number of likely N-dealkylation sites (N-methyl/N-ethyl adjacent to an activating group) is 2. The van der Waals surface area contributed by atoms with Gasteiger partial charge in [0, 0.05) is 31.5 Å². The summed E-state index contributed by atoms with van der Waals surface area (Å²) < 4.78 is 0. The molecular weight excluding hydrogens is 252 g/mol. The molecule has 0 saturated carbocycles. The second kappa shape index (κ2) is 7.97. The van der Waals surface area contributed by atoms with Crippen LogP contribution in [0.5, 0.6) is 0 Å². The van der Waals surface area contributed by atoms with E-state index in [2.05, 4.69) is 4.98 Å². The molecule has 0 spiro atoms. The van der Waals surface area contributed by atoms with Gasteiger partial charge in [0.2, 0.25) is 5.91 Å². The van der Waals surface area contributed by atoms with Crippen molar-refractivity contribution in [2.24, 2.45) is 5.73 Å². The molecule has 2 unspecified atom stereocenters. The number of aromatic nitrogens is 1. The summed E-state index contributed by atoms with van der Waals surface area (Å²) in [5, 5.41) is 0. The Hall–Kier alpha value is -1.46. The number of pyridine rings is 1. The number of rotatable bonds is 7. The van der Waals surface area contributed by atoms with Crippen molar-refractivity contribution < 1.29 is 4.79 Å². The molecule has 2 N–H and O–H groups in total. The maximum atomic E-state index is 12.2. The van der Waals surface area contributed by atoms with Crippen molar-refractivity contribution in [3.63, 3.8) is 0 Å². The highest BCUT2D eigenvalue weighted by Gasteiger charge is 2.24. The minimum atomic E-state index is -0.0753. The molecule has 0 saturated heterocycles. The lowest BCUT2D eigenvalue weighted by Gasteiger charge is -2.32. The molecule has 0 aromatic carbocycles. The lowest BCUT2D eigenvalue weighted by molar-refractivity contribution is -0.132. The van der Waals surface area contributed by atoms with Crippen LogP contribution in [-0.2, 0) is 4.79 Å². The maximum Gasteiger partial charge on any atom is 0.236 e. The van der Waals surface area contributed by atoms with Crippen LogP contribution in [0, 0.1) is 0 Å². The van der Waals surface area contributed by atoms with E-state index in [-0.39, 0.29) is 18.0 Å². The molecule has 1 rings (SSSR count). The molecule has 1 aromatic heterocycles. The molecular formula is C15H26N4O. The van der Waals surface area contributed by atoms with Gasteiger partial charge in [0.15, 0.2) is 0 Å². The molecule has 2 atom stereocenters. The molecule has 1 aromatic rings. The molecule has 5 heteroatoms. The first kappa shape index (κ1) is 16.6. The van der Waals surface area contributed by atoms with Crippen molar-refractivity contribution in [3.8, 4) is 0 Å². The van der Waals surface area contributed by atoms with Crippen molar-refractivity contribution in [3.05, 3.63) is 30.1 Å². The van der Waals surface area contributed by atoms with Crippen LogP contribution in [0.25, 0.3) is 0 Å². The number of carbonyl (C=O) groups is 1. The highest BCUT2D eigenvalue weighted by molar-refractivity contribution is 5.78. The standard InChI is InChI=1S/C15H26N4O/c1-5-19(6-2)14(20)11-18(4)15(12(3)16)13-8-7-9-17-10-13/h7-10,12,15H,5-6,11,16H2,1-4H3. The highest BCUT2D eigenvalue weighted by atomic mass is 16.2. The fourth-order valence-electron chi connectivity index (χ4n) is 2.50. The summed E-state index contributed by atoms with van der Waals surface area (Å²) in [6.45, 7) is 7.77. The Kier molecular flexibility index (Phi) is 6.61. The van der Waals surface area contributed by atoms with Crippen LogP contribution in [-0.4, -0.2) is 53.4 Å². The lowest BCUT2D eigenvalue weighted by Crippen LogP contribution is -2.44. The summed E-state index contributed by atoms with van der Waals surface area (Å²) in [4.78, 5) is 20.2. The quantitative estimate of drug-likeness (QED) is 0.816. The Morgan fingerprint density at radius 2 is 2.05 bits per heavy atom. The predicted octanol–water partition coefficient (Wildman–Crippen LogP) is 1.27. The summed E-state index contributed by atoms with van der Waals surface area (Å²) in [5.41, 5.74) is 7.13. The Morgan fingerprint density at radius 1 is 1.40 bits per heavy atom. The molecule has 0 aliphatic rings. The van der Waals surface area contributed by atoms with E-state index in [0.29, 0.717) is 6.54 Å². The zero-order valence-electron chi connectivity index (χ0n) is 12.9. The van der Waals surface area contributed by atoms with Crippen molar-refractivity contribution in [1.29, 1.82) is 0 Å². The molecule has 0 bridgehead atoms. The van der Waals surface area contributed by atoms with E-state index in [4.69, 9.17) is 5.73 Å². The lowest BCUT2D eigenvalue weighted by atomic mass is 10.0. The zero-order chi connectivity index (χ0) is 15.1. The Labute approximate surface area is 121 Å². The number of amides is 1. The zero-order valence-corrected chi connectivity index (χ0v) is 12.9. The first-order valence-electron chi connectivity index (χ1n) is 7.14. The van der Waals surface area contributed by atoms with Gasteiger partial charge in [0.05, 0.1) is 12.6 Å². The molecule has 20 heavy (non-hydrogen) atoms. The Bertz CT molecular complexity index is 404. The van der Waals surface area contributed by atoms with Gasteiger partial charge in [-0.3, -0.25) is 14.7 Å². The van der Waals surface area contributed by atoms with Gasteiger partial charge in [-0.15, -0.1) is 0 Å². The Balaban J connectivity index is 2.81. The largest absolute Gasteiger partial charge is 0.342 e. The molecule has 0 radical (unpaired) electrons. The van der Waals surface area contributed by atoms with E-state index in [1.54, 1.807) is 6.20 Å². The van der Waals surface area contributed by atoms with Crippen molar-refractivity contribution in [2.75, 3.05) is 26.7 Å². The van der Waals surface area contributed by atoms with Gasteiger partial charge in [-0.2, -0.15) is 0 Å². The third-order valence-electron chi connectivity index (χ3n) is 3.50. The normalized spacial score (nSPS) is 14.1. The van der Waals surface area contributed by atoms with Crippen molar-refractivity contribution >= 4 is 5.91 Å². The van der Waals surface area contributed by atoms with Crippen LogP contribution in [0.2, 0.25) is 0 Å². The van der Waals surface area contributed by atoms with E-state index in [1.807, 2.05) is 55.9 Å². The molecule has 0 aliphatic heterocycles. The highest BCUT2D eigenvalue weighted by Crippen LogP contribution is 2.21. The fraction of sp³-hybridized carbons (Fsp3) is 0.600. The summed E-state index contributed by atoms with van der Waals surface area (Å²) in [7, 11) is 1.93. The second-order valence-corrected chi connectivity index (χ2v) is 5.07. The van der Waals surface area contributed by atoms with Crippen molar-refractivity contribution in [1.82, 2.24) is 14.8 Å². The molecule has 1 heterocycles. The average Bonchev–Trinajstić information content (AvgIpc) is 2.40. The summed E-state index contributed by atoms with van der Waals surface area (Å²) in [6, 6.07) is 3.81. The third-order valence-corrected chi connectivity index (χ3v) is 3.50. The summed E-state index contributed by atoms with van der Waals surface area (Å²) in [6.07, 6.45) is 3.55. The first-order chi connectivity index (χ1) is 9.51.